The molecule has 9 rings (SSSR count). The molecule has 230 valence electrons. The highest BCUT2D eigenvalue weighted by Crippen LogP contribution is 2.37. The Hall–Kier alpha value is -3.73. The Bertz CT molecular complexity index is 1580. The number of pyridine rings is 3. The van der Waals surface area contributed by atoms with Crippen LogP contribution in [-0.2, 0) is 6.54 Å². The normalized spacial score (nSPS) is 24.9. The van der Waals surface area contributed by atoms with E-state index >= 15 is 0 Å². The molecule has 5 aliphatic heterocycles. The minimum absolute atomic E-state index is 0.543. The van der Waals surface area contributed by atoms with Gasteiger partial charge in [0.25, 0.3) is 0 Å². The fourth-order valence-electron chi connectivity index (χ4n) is 7.92. The quantitative estimate of drug-likeness (QED) is 0.276. The van der Waals surface area contributed by atoms with E-state index in [4.69, 9.17) is 14.5 Å². The standard InChI is InChI=1S/C34H42N8O2/c1-23-14-38-42-22-30(44-11-3-10-40-26-6-7-27(40)18-35-17-26)13-31(34(23)42)25-5-8-32(36-16-25)39-20-28-12-29(21-39)41(28)19-24-4-9-33(43-2)37-15-24/h4-5,8-9,13-16,22,26-29,35H,3,6-7,10-12,17-21H2,1-2H3/t26-,27+,28?,29?. The topological polar surface area (TPSA) is 83.3 Å². The highest BCUT2D eigenvalue weighted by molar-refractivity contribution is 5.83. The van der Waals surface area contributed by atoms with Crippen molar-refractivity contribution in [2.24, 2.45) is 0 Å². The third-order valence-corrected chi connectivity index (χ3v) is 10.2. The van der Waals surface area contributed by atoms with Gasteiger partial charge in [0.2, 0.25) is 5.88 Å². The van der Waals surface area contributed by atoms with Crippen molar-refractivity contribution < 1.29 is 9.47 Å². The summed E-state index contributed by atoms with van der Waals surface area (Å²) in [6, 6.07) is 13.1. The molecule has 4 bridgehead atoms. The van der Waals surface area contributed by atoms with Gasteiger partial charge in [0.1, 0.15) is 11.6 Å². The average Bonchev–Trinajstić information content (AvgIpc) is 3.54. The predicted molar refractivity (Wildman–Crippen MR) is 170 cm³/mol. The van der Waals surface area contributed by atoms with Crippen molar-refractivity contribution in [2.75, 3.05) is 51.3 Å². The molecule has 1 N–H and O–H groups in total. The van der Waals surface area contributed by atoms with E-state index in [1.807, 2.05) is 35.4 Å². The molecule has 0 aliphatic carbocycles. The summed E-state index contributed by atoms with van der Waals surface area (Å²) in [6.45, 7) is 9.11. The molecule has 5 fully saturated rings. The van der Waals surface area contributed by atoms with Crippen LogP contribution in [0.1, 0.15) is 36.8 Å². The van der Waals surface area contributed by atoms with Crippen molar-refractivity contribution in [1.82, 2.24) is 34.7 Å². The van der Waals surface area contributed by atoms with Crippen molar-refractivity contribution in [3.05, 3.63) is 66.2 Å². The van der Waals surface area contributed by atoms with Crippen molar-refractivity contribution in [1.29, 1.82) is 0 Å². The van der Waals surface area contributed by atoms with Gasteiger partial charge in [-0.2, -0.15) is 5.10 Å². The largest absolute Gasteiger partial charge is 0.492 e. The van der Waals surface area contributed by atoms with Crippen LogP contribution in [-0.4, -0.2) is 100.0 Å². The van der Waals surface area contributed by atoms with Crippen LogP contribution in [0.5, 0.6) is 11.6 Å². The maximum absolute atomic E-state index is 6.32. The van der Waals surface area contributed by atoms with Crippen molar-refractivity contribution in [2.45, 2.75) is 63.3 Å². The molecule has 44 heavy (non-hydrogen) atoms. The number of fused-ring (bicyclic) bond motifs is 5. The molecule has 5 saturated heterocycles. The Kier molecular flexibility index (Phi) is 7.36. The Morgan fingerprint density at radius 2 is 1.77 bits per heavy atom. The number of nitrogens with one attached hydrogen (secondary N) is 1. The van der Waals surface area contributed by atoms with Crippen LogP contribution in [0.15, 0.2) is 55.1 Å². The first-order valence-corrected chi connectivity index (χ1v) is 16.2. The van der Waals surface area contributed by atoms with Gasteiger partial charge in [-0.15, -0.1) is 0 Å². The molecule has 0 saturated carbocycles. The van der Waals surface area contributed by atoms with Crippen molar-refractivity contribution in [3.8, 4) is 22.8 Å². The first-order chi connectivity index (χ1) is 21.6. The van der Waals surface area contributed by atoms with Crippen molar-refractivity contribution >= 4 is 11.3 Å². The van der Waals surface area contributed by atoms with Gasteiger partial charge in [-0.3, -0.25) is 9.80 Å². The third-order valence-electron chi connectivity index (χ3n) is 10.2. The Morgan fingerprint density at radius 1 is 0.932 bits per heavy atom. The first kappa shape index (κ1) is 27.8. The molecule has 0 radical (unpaired) electrons. The number of methoxy groups -OCH3 is 1. The van der Waals surface area contributed by atoms with Crippen LogP contribution in [0.2, 0.25) is 0 Å². The summed E-state index contributed by atoms with van der Waals surface area (Å²) in [4.78, 5) is 17.1. The number of anilines is 1. The van der Waals surface area contributed by atoms with Gasteiger partial charge < -0.3 is 19.7 Å². The molecule has 0 aromatic carbocycles. The van der Waals surface area contributed by atoms with Crippen LogP contribution < -0.4 is 19.7 Å². The molecule has 4 aromatic rings. The van der Waals surface area contributed by atoms with Gasteiger partial charge in [-0.05, 0) is 61.9 Å². The zero-order chi connectivity index (χ0) is 29.6. The lowest BCUT2D eigenvalue weighted by Gasteiger charge is -2.56. The molecule has 2 unspecified atom stereocenters. The van der Waals surface area contributed by atoms with E-state index in [0.29, 0.717) is 36.7 Å². The molecule has 0 amide bonds. The maximum atomic E-state index is 6.32. The van der Waals surface area contributed by atoms with E-state index in [-0.39, 0.29) is 0 Å². The highest BCUT2D eigenvalue weighted by atomic mass is 16.5. The van der Waals surface area contributed by atoms with E-state index in [0.717, 1.165) is 79.5 Å². The number of ether oxygens (including phenoxy) is 2. The fraction of sp³-hybridized carbons (Fsp3) is 0.500. The average molecular weight is 595 g/mol. The van der Waals surface area contributed by atoms with E-state index in [1.165, 1.54) is 24.8 Å². The second kappa shape index (κ2) is 11.6. The number of rotatable bonds is 10. The first-order valence-electron chi connectivity index (χ1n) is 16.2. The second-order valence-electron chi connectivity index (χ2n) is 12.9. The van der Waals surface area contributed by atoms with Crippen LogP contribution in [0.3, 0.4) is 0 Å². The lowest BCUT2D eigenvalue weighted by atomic mass is 9.87. The van der Waals surface area contributed by atoms with Crippen LogP contribution >= 0.6 is 0 Å². The summed E-state index contributed by atoms with van der Waals surface area (Å²) in [5.74, 6) is 2.56. The molecule has 4 aromatic heterocycles. The number of aryl methyl sites for hydroxylation is 1. The number of nitrogens with zero attached hydrogens (tertiary/aromatic N) is 7. The Labute approximate surface area is 259 Å². The SMILES string of the molecule is COc1ccc(CN2C3CC2CN(c2ccc(-c4cc(OCCCN5[C@@H]6CC[C@H]5CNC6)cn5ncc(C)c45)cn2)C3)cn1. The number of hydrogen-bond donors (Lipinski definition) is 1. The zero-order valence-corrected chi connectivity index (χ0v) is 25.7. The summed E-state index contributed by atoms with van der Waals surface area (Å²) in [5.41, 5.74) is 5.68. The summed E-state index contributed by atoms with van der Waals surface area (Å²) < 4.78 is 13.5. The molecule has 10 nitrogen and oxygen atoms in total. The minimum atomic E-state index is 0.543. The molecule has 5 aliphatic rings. The van der Waals surface area contributed by atoms with Gasteiger partial charge >= 0.3 is 0 Å². The third kappa shape index (κ3) is 5.18. The fourth-order valence-corrected chi connectivity index (χ4v) is 7.92. The summed E-state index contributed by atoms with van der Waals surface area (Å²) >= 11 is 0. The number of hydrogen-bond acceptors (Lipinski definition) is 9. The van der Waals surface area contributed by atoms with Gasteiger partial charge in [-0.25, -0.2) is 14.5 Å². The van der Waals surface area contributed by atoms with E-state index in [1.54, 1.807) is 7.11 Å². The van der Waals surface area contributed by atoms with Gasteiger partial charge in [-0.1, -0.05) is 6.07 Å². The molecule has 0 spiro atoms. The van der Waals surface area contributed by atoms with Crippen LogP contribution in [0.25, 0.3) is 16.6 Å². The smallest absolute Gasteiger partial charge is 0.212 e. The Morgan fingerprint density at radius 3 is 2.50 bits per heavy atom. The lowest BCUT2D eigenvalue weighted by molar-refractivity contribution is -0.00876. The van der Waals surface area contributed by atoms with E-state index in [2.05, 4.69) is 61.3 Å². The van der Waals surface area contributed by atoms with Gasteiger partial charge in [0.15, 0.2) is 0 Å². The molecular formula is C34H42N8O2. The molecular weight excluding hydrogens is 552 g/mol. The minimum Gasteiger partial charge on any atom is -0.492 e. The number of aromatic nitrogens is 4. The second-order valence-corrected chi connectivity index (χ2v) is 12.9. The van der Waals surface area contributed by atoms with E-state index < -0.39 is 0 Å². The highest BCUT2D eigenvalue weighted by Gasteiger charge is 2.44. The summed E-state index contributed by atoms with van der Waals surface area (Å²) in [6.07, 6.45) is 12.8. The molecule has 10 heteroatoms. The molecule has 4 atom stereocenters. The number of piperidine rings is 1. The summed E-state index contributed by atoms with van der Waals surface area (Å²) in [5, 5.41) is 8.20. The van der Waals surface area contributed by atoms with Crippen LogP contribution in [0.4, 0.5) is 5.82 Å². The van der Waals surface area contributed by atoms with Gasteiger partial charge in [0.05, 0.1) is 31.6 Å². The summed E-state index contributed by atoms with van der Waals surface area (Å²) in [7, 11) is 1.65. The molecule has 9 heterocycles. The van der Waals surface area contributed by atoms with E-state index in [9.17, 15) is 0 Å². The monoisotopic (exact) mass is 594 g/mol. The maximum Gasteiger partial charge on any atom is 0.212 e. The Balaban J connectivity index is 0.924. The van der Waals surface area contributed by atoms with Crippen molar-refractivity contribution in [3.63, 3.8) is 0 Å². The lowest BCUT2D eigenvalue weighted by Crippen LogP contribution is -2.68. The zero-order valence-electron chi connectivity index (χ0n) is 25.7. The predicted octanol–water partition coefficient (Wildman–Crippen LogP) is 3.78. The number of piperazine rings is 2. The van der Waals surface area contributed by atoms with Crippen LogP contribution in [0, 0.1) is 6.92 Å². The van der Waals surface area contributed by atoms with Gasteiger partial charge in [0, 0.05) is 93.0 Å².